The van der Waals surface area contributed by atoms with Gasteiger partial charge in [-0.3, -0.25) is 0 Å². The van der Waals surface area contributed by atoms with Crippen LogP contribution in [0.15, 0.2) is 36.8 Å². The van der Waals surface area contributed by atoms with Crippen LogP contribution in [0.4, 0.5) is 0 Å². The predicted octanol–water partition coefficient (Wildman–Crippen LogP) is 8.49. The first kappa shape index (κ1) is 33.0. The maximum Gasteiger partial charge on any atom is 0.222 e. The fraction of sp³-hybridized carbons (Fsp3) is 0.769. The Bertz CT molecular complexity index is 725. The lowest BCUT2D eigenvalue weighted by Gasteiger charge is -2.57. The first-order valence-electron chi connectivity index (χ1n) is 12.4. The van der Waals surface area contributed by atoms with Gasteiger partial charge in [-0.2, -0.15) is 0 Å². The van der Waals surface area contributed by atoms with E-state index in [1.165, 1.54) is 0 Å². The van der Waals surface area contributed by atoms with Crippen LogP contribution in [0.5, 0.6) is 0 Å². The molecular formula is C26H56O3Si4. The Morgan fingerprint density at radius 3 is 1.45 bits per heavy atom. The zero-order chi connectivity index (χ0) is 26.9. The summed E-state index contributed by atoms with van der Waals surface area (Å²) >= 11 is 0. The van der Waals surface area contributed by atoms with Gasteiger partial charge in [0.25, 0.3) is 0 Å². The summed E-state index contributed by atoms with van der Waals surface area (Å²) in [5, 5.41) is -0.811. The summed E-state index contributed by atoms with van der Waals surface area (Å²) in [6, 6.07) is 0. The van der Waals surface area contributed by atoms with Crippen LogP contribution in [0.2, 0.25) is 50.9 Å². The summed E-state index contributed by atoms with van der Waals surface area (Å²) in [4.78, 5) is 0. The second-order valence-electron chi connectivity index (χ2n) is 13.1. The molecule has 0 radical (unpaired) electrons. The fourth-order valence-electron chi connectivity index (χ4n) is 4.05. The number of rotatable bonds is 14. The van der Waals surface area contributed by atoms with Gasteiger partial charge in [0, 0.05) is 10.3 Å². The van der Waals surface area contributed by atoms with Crippen LogP contribution in [-0.2, 0) is 13.3 Å². The molecule has 0 bridgehead atoms. The van der Waals surface area contributed by atoms with E-state index >= 15 is 0 Å². The molecule has 33 heavy (non-hydrogen) atoms. The summed E-state index contributed by atoms with van der Waals surface area (Å²) in [5.41, 5.74) is 5.81. The van der Waals surface area contributed by atoms with Crippen molar-refractivity contribution < 1.29 is 13.3 Å². The van der Waals surface area contributed by atoms with Crippen LogP contribution in [0.25, 0.3) is 0 Å². The summed E-state index contributed by atoms with van der Waals surface area (Å²) in [5.74, 6) is 0. The zero-order valence-corrected chi connectivity index (χ0v) is 28.8. The normalized spacial score (nSPS) is 18.3. The highest BCUT2D eigenvalue weighted by Gasteiger charge is 2.59. The lowest BCUT2D eigenvalue weighted by molar-refractivity contribution is 0.0136. The van der Waals surface area contributed by atoms with Crippen molar-refractivity contribution in [1.29, 1.82) is 0 Å². The van der Waals surface area contributed by atoms with Crippen molar-refractivity contribution in [2.45, 2.75) is 129 Å². The Morgan fingerprint density at radius 2 is 1.12 bits per heavy atom. The average Bonchev–Trinajstić information content (AvgIpc) is 2.65. The van der Waals surface area contributed by atoms with Gasteiger partial charge in [0.1, 0.15) is 8.07 Å². The van der Waals surface area contributed by atoms with Gasteiger partial charge in [-0.1, -0.05) is 51.0 Å². The first-order valence-corrected chi connectivity index (χ1v) is 23.8. The number of hydrogen-bond acceptors (Lipinski definition) is 3. The van der Waals surface area contributed by atoms with E-state index in [1.807, 2.05) is 5.70 Å². The van der Waals surface area contributed by atoms with Crippen molar-refractivity contribution in [3.05, 3.63) is 36.8 Å². The maximum absolute atomic E-state index is 7.21. The van der Waals surface area contributed by atoms with Crippen molar-refractivity contribution >= 4 is 33.0 Å². The molecule has 0 N–H and O–H groups in total. The lowest BCUT2D eigenvalue weighted by Crippen LogP contribution is -2.67. The molecule has 2 atom stereocenters. The van der Waals surface area contributed by atoms with Crippen molar-refractivity contribution in [2.75, 3.05) is 0 Å². The van der Waals surface area contributed by atoms with Crippen LogP contribution in [0.3, 0.4) is 0 Å². The minimum Gasteiger partial charge on any atom is -0.410 e. The van der Waals surface area contributed by atoms with E-state index in [0.717, 1.165) is 6.42 Å². The van der Waals surface area contributed by atoms with E-state index in [9.17, 15) is 0 Å². The molecule has 0 rings (SSSR count). The summed E-state index contributed by atoms with van der Waals surface area (Å²) < 4.78 is 21.1. The Balaban J connectivity index is 6.35. The molecule has 2 unspecified atom stereocenters. The molecular weight excluding hydrogens is 473 g/mol. The van der Waals surface area contributed by atoms with Gasteiger partial charge in [0.15, 0.2) is 0 Å². The van der Waals surface area contributed by atoms with Crippen LogP contribution < -0.4 is 0 Å². The second-order valence-corrected chi connectivity index (χ2v) is 30.3. The standard InChI is InChI=1S/C26H56O3Si4/c1-19-26(11,29-31(14,15)21-3)32(16,17)27-23(5,6)24(7,8)33(18,22-4)28-25(9,10)30(12,13)20-2/h20-22H,2-4,19H2,1,5-18H3. The smallest absolute Gasteiger partial charge is 0.222 e. The van der Waals surface area contributed by atoms with Gasteiger partial charge in [0.05, 0.1) is 10.8 Å². The molecule has 0 spiro atoms. The Hall–Kier alpha value is -0.0325. The van der Waals surface area contributed by atoms with Crippen molar-refractivity contribution in [1.82, 2.24) is 0 Å². The van der Waals surface area contributed by atoms with Gasteiger partial charge < -0.3 is 13.3 Å². The summed E-state index contributed by atoms with van der Waals surface area (Å²) in [7, 11) is -8.60. The SMILES string of the molecule is C=C[Si](C)(C)OC(C)(CC)[Si](C)(C)OC(C)(C)C(C)(C)[Si](C)(C=C)OC(C)(C)[Si](C)(C)C=C. The fourth-order valence-corrected chi connectivity index (χ4v) is 15.2. The van der Waals surface area contributed by atoms with E-state index in [0.29, 0.717) is 0 Å². The molecule has 0 heterocycles. The monoisotopic (exact) mass is 528 g/mol. The molecule has 7 heteroatoms. The quantitative estimate of drug-likeness (QED) is 0.211. The van der Waals surface area contributed by atoms with Crippen LogP contribution in [-0.4, -0.2) is 49.1 Å². The van der Waals surface area contributed by atoms with Crippen LogP contribution in [0, 0.1) is 0 Å². The van der Waals surface area contributed by atoms with E-state index in [2.05, 4.69) is 132 Å². The van der Waals surface area contributed by atoms with E-state index in [1.54, 1.807) is 0 Å². The third-order valence-corrected chi connectivity index (χ3v) is 24.5. The van der Waals surface area contributed by atoms with Crippen molar-refractivity contribution in [3.63, 3.8) is 0 Å². The molecule has 0 amide bonds. The predicted molar refractivity (Wildman–Crippen MR) is 159 cm³/mol. The molecule has 3 nitrogen and oxygen atoms in total. The largest absolute Gasteiger partial charge is 0.410 e. The van der Waals surface area contributed by atoms with Gasteiger partial charge in [0.2, 0.25) is 25.0 Å². The highest BCUT2D eigenvalue weighted by molar-refractivity contribution is 6.87. The van der Waals surface area contributed by atoms with Gasteiger partial charge in [-0.05, 0) is 73.8 Å². The molecule has 0 aliphatic heterocycles. The third-order valence-electron chi connectivity index (χ3n) is 9.10. The average molecular weight is 529 g/mol. The molecule has 0 aliphatic carbocycles. The number of hydrogen-bond donors (Lipinski definition) is 0. The van der Waals surface area contributed by atoms with E-state index in [4.69, 9.17) is 13.3 Å². The minimum absolute atomic E-state index is 0.241. The van der Waals surface area contributed by atoms with Crippen molar-refractivity contribution in [2.24, 2.45) is 0 Å². The molecule has 194 valence electrons. The lowest BCUT2D eigenvalue weighted by atomic mass is 9.94. The Kier molecular flexibility index (Phi) is 10.1. The van der Waals surface area contributed by atoms with Crippen molar-refractivity contribution in [3.8, 4) is 0 Å². The topological polar surface area (TPSA) is 27.7 Å². The summed E-state index contributed by atoms with van der Waals surface area (Å²) in [6.07, 6.45) is 0.909. The van der Waals surface area contributed by atoms with E-state index < -0.39 is 38.6 Å². The molecule has 0 aromatic heterocycles. The molecule has 0 saturated carbocycles. The highest BCUT2D eigenvalue weighted by atomic mass is 28.4. The molecule has 0 aliphatic rings. The van der Waals surface area contributed by atoms with E-state index in [-0.39, 0.29) is 15.5 Å². The Labute approximate surface area is 211 Å². The third kappa shape index (κ3) is 6.60. The second kappa shape index (κ2) is 10.1. The molecule has 0 aromatic rings. The first-order chi connectivity index (χ1) is 14.4. The van der Waals surface area contributed by atoms with Crippen LogP contribution >= 0.6 is 0 Å². The summed E-state index contributed by atoms with van der Waals surface area (Å²) in [6.45, 7) is 46.3. The molecule has 0 saturated heterocycles. The highest BCUT2D eigenvalue weighted by Crippen LogP contribution is 2.53. The van der Waals surface area contributed by atoms with Gasteiger partial charge in [-0.15, -0.1) is 19.7 Å². The zero-order valence-electron chi connectivity index (χ0n) is 24.8. The molecule has 0 fully saturated rings. The van der Waals surface area contributed by atoms with Gasteiger partial charge in [-0.25, -0.2) is 0 Å². The Morgan fingerprint density at radius 1 is 0.667 bits per heavy atom. The van der Waals surface area contributed by atoms with Crippen LogP contribution in [0.1, 0.15) is 61.8 Å². The maximum atomic E-state index is 7.21. The van der Waals surface area contributed by atoms with Gasteiger partial charge >= 0.3 is 0 Å². The molecule has 0 aromatic carbocycles. The minimum atomic E-state index is -2.47.